The Morgan fingerprint density at radius 1 is 1.11 bits per heavy atom. The van der Waals surface area contributed by atoms with Crippen LogP contribution in [0.1, 0.15) is 16.7 Å². The number of nitriles is 1. The second-order valence-electron chi connectivity index (χ2n) is 4.18. The maximum absolute atomic E-state index is 9.06. The van der Waals surface area contributed by atoms with Crippen molar-refractivity contribution in [3.8, 4) is 6.07 Å². The molecule has 0 heterocycles. The zero-order valence-electron chi connectivity index (χ0n) is 10.4. The number of nitrogens with zero attached hydrogens (tertiary/aromatic N) is 1. The van der Waals surface area contributed by atoms with Crippen LogP contribution >= 0.6 is 15.9 Å². The number of benzene rings is 2. The molecule has 3 N–H and O–H groups in total. The minimum absolute atomic E-state index is 0.553. The Morgan fingerprint density at radius 3 is 2.42 bits per heavy atom. The van der Waals surface area contributed by atoms with E-state index in [0.717, 1.165) is 21.3 Å². The first-order valence-electron chi connectivity index (χ1n) is 5.94. The molecule has 0 fully saturated rings. The molecular formula is C15H14BrN3. The lowest BCUT2D eigenvalue weighted by molar-refractivity contribution is 1.06. The van der Waals surface area contributed by atoms with Gasteiger partial charge >= 0.3 is 0 Å². The van der Waals surface area contributed by atoms with Crippen LogP contribution in [-0.4, -0.2) is 0 Å². The Labute approximate surface area is 121 Å². The summed E-state index contributed by atoms with van der Waals surface area (Å²) in [5.74, 6) is 0. The van der Waals surface area contributed by atoms with Crippen molar-refractivity contribution in [3.63, 3.8) is 0 Å². The van der Waals surface area contributed by atoms with Gasteiger partial charge in [0.05, 0.1) is 11.3 Å². The highest BCUT2D eigenvalue weighted by Gasteiger charge is 2.02. The van der Waals surface area contributed by atoms with Crippen LogP contribution < -0.4 is 11.1 Å². The fourth-order valence-electron chi connectivity index (χ4n) is 1.75. The van der Waals surface area contributed by atoms with Gasteiger partial charge in [0, 0.05) is 17.6 Å². The van der Waals surface area contributed by atoms with E-state index in [1.165, 1.54) is 0 Å². The maximum Gasteiger partial charge on any atom is 0.101 e. The molecule has 3 nitrogen and oxygen atoms in total. The molecular weight excluding hydrogens is 302 g/mol. The van der Waals surface area contributed by atoms with Gasteiger partial charge in [0.2, 0.25) is 0 Å². The Balaban J connectivity index is 2.09. The molecule has 19 heavy (non-hydrogen) atoms. The minimum atomic E-state index is 0.553. The summed E-state index contributed by atoms with van der Waals surface area (Å²) in [5.41, 5.74) is 9.30. The summed E-state index contributed by atoms with van der Waals surface area (Å²) in [6.45, 7) is 1.23. The van der Waals surface area contributed by atoms with Crippen LogP contribution in [0.15, 0.2) is 46.9 Å². The summed E-state index contributed by atoms with van der Waals surface area (Å²) in [6, 6.07) is 15.9. The van der Waals surface area contributed by atoms with E-state index in [4.69, 9.17) is 11.0 Å². The van der Waals surface area contributed by atoms with Crippen LogP contribution in [0.2, 0.25) is 0 Å². The second-order valence-corrected chi connectivity index (χ2v) is 5.09. The molecule has 0 saturated heterocycles. The zero-order valence-corrected chi connectivity index (χ0v) is 11.9. The molecule has 2 aromatic rings. The molecule has 2 aromatic carbocycles. The summed E-state index contributed by atoms with van der Waals surface area (Å²) in [4.78, 5) is 0. The zero-order chi connectivity index (χ0) is 13.7. The first-order valence-corrected chi connectivity index (χ1v) is 6.73. The van der Waals surface area contributed by atoms with E-state index in [0.29, 0.717) is 18.7 Å². The number of nitrogens with one attached hydrogen (secondary N) is 1. The quantitative estimate of drug-likeness (QED) is 0.909. The third-order valence-corrected chi connectivity index (χ3v) is 3.34. The maximum atomic E-state index is 9.06. The molecule has 0 aliphatic carbocycles. The third kappa shape index (κ3) is 3.57. The van der Waals surface area contributed by atoms with Crippen molar-refractivity contribution in [2.45, 2.75) is 13.1 Å². The molecule has 2 rings (SSSR count). The van der Waals surface area contributed by atoms with Crippen molar-refractivity contribution in [2.75, 3.05) is 5.32 Å². The largest absolute Gasteiger partial charge is 0.380 e. The number of hydrogen-bond donors (Lipinski definition) is 2. The molecule has 0 bridgehead atoms. The predicted molar refractivity (Wildman–Crippen MR) is 80.5 cm³/mol. The van der Waals surface area contributed by atoms with Crippen molar-refractivity contribution < 1.29 is 0 Å². The molecule has 0 atom stereocenters. The van der Waals surface area contributed by atoms with Gasteiger partial charge in [0.15, 0.2) is 0 Å². The van der Waals surface area contributed by atoms with Crippen LogP contribution in [0, 0.1) is 11.3 Å². The Morgan fingerprint density at radius 2 is 1.79 bits per heavy atom. The van der Waals surface area contributed by atoms with Crippen molar-refractivity contribution >= 4 is 21.6 Å². The van der Waals surface area contributed by atoms with Gasteiger partial charge < -0.3 is 11.1 Å². The van der Waals surface area contributed by atoms with E-state index in [9.17, 15) is 0 Å². The monoisotopic (exact) mass is 315 g/mol. The summed E-state index contributed by atoms with van der Waals surface area (Å²) in [6.07, 6.45) is 0. The SMILES string of the molecule is N#Cc1ccc(Br)cc1NCc1ccc(CN)cc1. The van der Waals surface area contributed by atoms with Gasteiger partial charge in [-0.25, -0.2) is 0 Å². The Bertz CT molecular complexity index is 600. The Kier molecular flexibility index (Phi) is 4.56. The highest BCUT2D eigenvalue weighted by atomic mass is 79.9. The number of nitrogens with two attached hydrogens (primary N) is 1. The molecule has 0 amide bonds. The lowest BCUT2D eigenvalue weighted by Gasteiger charge is -2.09. The summed E-state index contributed by atoms with van der Waals surface area (Å²) in [5, 5.41) is 12.3. The lowest BCUT2D eigenvalue weighted by Crippen LogP contribution is -2.02. The van der Waals surface area contributed by atoms with Gasteiger partial charge in [-0.3, -0.25) is 0 Å². The standard InChI is InChI=1S/C15H14BrN3/c16-14-6-5-13(9-18)15(7-14)19-10-12-3-1-11(8-17)2-4-12/h1-7,19H,8,10,17H2. The number of anilines is 1. The predicted octanol–water partition coefficient (Wildman–Crippen LogP) is 3.39. The average Bonchev–Trinajstić information content (AvgIpc) is 2.46. The van der Waals surface area contributed by atoms with Crippen molar-refractivity contribution in [2.24, 2.45) is 5.73 Å². The van der Waals surface area contributed by atoms with Gasteiger partial charge in [-0.05, 0) is 29.3 Å². The molecule has 0 aliphatic heterocycles. The summed E-state index contributed by atoms with van der Waals surface area (Å²) < 4.78 is 0.951. The molecule has 0 saturated carbocycles. The van der Waals surface area contributed by atoms with Crippen molar-refractivity contribution in [1.82, 2.24) is 0 Å². The number of halogens is 1. The first-order chi connectivity index (χ1) is 9.22. The van der Waals surface area contributed by atoms with E-state index >= 15 is 0 Å². The fourth-order valence-corrected chi connectivity index (χ4v) is 2.11. The highest BCUT2D eigenvalue weighted by Crippen LogP contribution is 2.21. The third-order valence-electron chi connectivity index (χ3n) is 2.84. The van der Waals surface area contributed by atoms with Crippen LogP contribution in [0.3, 0.4) is 0 Å². The summed E-state index contributed by atoms with van der Waals surface area (Å²) in [7, 11) is 0. The second kappa shape index (κ2) is 6.37. The fraction of sp³-hybridized carbons (Fsp3) is 0.133. The lowest BCUT2D eigenvalue weighted by atomic mass is 10.1. The van der Waals surface area contributed by atoms with E-state index in [1.807, 2.05) is 36.4 Å². The van der Waals surface area contributed by atoms with Crippen LogP contribution in [0.4, 0.5) is 5.69 Å². The average molecular weight is 316 g/mol. The van der Waals surface area contributed by atoms with Gasteiger partial charge in [0.1, 0.15) is 6.07 Å². The van der Waals surface area contributed by atoms with Gasteiger partial charge in [0.25, 0.3) is 0 Å². The normalized spacial score (nSPS) is 9.95. The molecule has 96 valence electrons. The number of rotatable bonds is 4. The molecule has 0 unspecified atom stereocenters. The Hall–Kier alpha value is -1.83. The number of hydrogen-bond acceptors (Lipinski definition) is 3. The van der Waals surface area contributed by atoms with Crippen molar-refractivity contribution in [3.05, 3.63) is 63.6 Å². The van der Waals surface area contributed by atoms with Crippen LogP contribution in [0.25, 0.3) is 0 Å². The van der Waals surface area contributed by atoms with Crippen LogP contribution in [-0.2, 0) is 13.1 Å². The van der Waals surface area contributed by atoms with Gasteiger partial charge in [-0.1, -0.05) is 40.2 Å². The highest BCUT2D eigenvalue weighted by molar-refractivity contribution is 9.10. The van der Waals surface area contributed by atoms with Gasteiger partial charge in [-0.15, -0.1) is 0 Å². The molecule has 0 spiro atoms. The smallest absolute Gasteiger partial charge is 0.101 e. The topological polar surface area (TPSA) is 61.8 Å². The molecule has 0 aliphatic rings. The summed E-state index contributed by atoms with van der Waals surface area (Å²) >= 11 is 3.41. The minimum Gasteiger partial charge on any atom is -0.380 e. The van der Waals surface area contributed by atoms with Gasteiger partial charge in [-0.2, -0.15) is 5.26 Å². The van der Waals surface area contributed by atoms with E-state index in [1.54, 1.807) is 6.07 Å². The van der Waals surface area contributed by atoms with E-state index < -0.39 is 0 Å². The van der Waals surface area contributed by atoms with E-state index in [-0.39, 0.29) is 0 Å². The van der Waals surface area contributed by atoms with Crippen molar-refractivity contribution in [1.29, 1.82) is 5.26 Å². The molecule has 4 heteroatoms. The van der Waals surface area contributed by atoms with Crippen LogP contribution in [0.5, 0.6) is 0 Å². The molecule has 0 radical (unpaired) electrons. The molecule has 0 aromatic heterocycles. The van der Waals surface area contributed by atoms with E-state index in [2.05, 4.69) is 27.3 Å². The first kappa shape index (κ1) is 13.6.